The summed E-state index contributed by atoms with van der Waals surface area (Å²) < 4.78 is 5.20. The van der Waals surface area contributed by atoms with Crippen LogP contribution in [-0.4, -0.2) is 42.3 Å². The van der Waals surface area contributed by atoms with Crippen molar-refractivity contribution in [3.8, 4) is 0 Å². The first-order chi connectivity index (χ1) is 13.1. The van der Waals surface area contributed by atoms with Gasteiger partial charge in [-0.1, -0.05) is 18.2 Å². The lowest BCUT2D eigenvalue weighted by molar-refractivity contribution is -0.135. The number of amides is 3. The monoisotopic (exact) mass is 369 g/mol. The number of likely N-dealkylation sites (tertiary alicyclic amines) is 1. The van der Waals surface area contributed by atoms with Crippen LogP contribution in [0, 0.1) is 5.92 Å². The summed E-state index contributed by atoms with van der Waals surface area (Å²) in [5, 5.41) is 5.49. The van der Waals surface area contributed by atoms with E-state index in [9.17, 15) is 14.4 Å². The van der Waals surface area contributed by atoms with Crippen molar-refractivity contribution in [2.45, 2.75) is 19.4 Å². The van der Waals surface area contributed by atoms with E-state index in [1.165, 1.54) is 0 Å². The van der Waals surface area contributed by atoms with Gasteiger partial charge in [-0.05, 0) is 37.1 Å². The summed E-state index contributed by atoms with van der Waals surface area (Å²) in [4.78, 5) is 38.5. The molecule has 0 spiro atoms. The average Bonchev–Trinajstić information content (AvgIpc) is 3.24. The van der Waals surface area contributed by atoms with E-state index in [1.807, 2.05) is 6.07 Å². The molecule has 1 unspecified atom stereocenters. The first kappa shape index (κ1) is 18.7. The zero-order chi connectivity index (χ0) is 19.1. The SMILES string of the molecule is O=C(NCC(=O)N1CCCC(C(=O)NCc2ccco2)C1)c1ccccc1. The maximum Gasteiger partial charge on any atom is 0.251 e. The Morgan fingerprint density at radius 1 is 1.07 bits per heavy atom. The molecule has 2 aromatic rings. The Bertz CT molecular complexity index is 774. The van der Waals surface area contributed by atoms with Crippen LogP contribution in [0.4, 0.5) is 0 Å². The van der Waals surface area contributed by atoms with Gasteiger partial charge in [0.15, 0.2) is 0 Å². The molecular formula is C20H23N3O4. The first-order valence-corrected chi connectivity index (χ1v) is 9.04. The summed E-state index contributed by atoms with van der Waals surface area (Å²) in [6.45, 7) is 1.23. The van der Waals surface area contributed by atoms with Gasteiger partial charge in [0.25, 0.3) is 5.91 Å². The Labute approximate surface area is 157 Å². The Kier molecular flexibility index (Phi) is 6.25. The van der Waals surface area contributed by atoms with Crippen molar-refractivity contribution in [3.05, 3.63) is 60.1 Å². The van der Waals surface area contributed by atoms with Gasteiger partial charge in [-0.3, -0.25) is 14.4 Å². The third kappa shape index (κ3) is 5.20. The van der Waals surface area contributed by atoms with E-state index in [2.05, 4.69) is 10.6 Å². The van der Waals surface area contributed by atoms with Crippen molar-refractivity contribution in [2.75, 3.05) is 19.6 Å². The van der Waals surface area contributed by atoms with E-state index in [1.54, 1.807) is 47.6 Å². The van der Waals surface area contributed by atoms with Crippen LogP contribution in [0.2, 0.25) is 0 Å². The van der Waals surface area contributed by atoms with E-state index < -0.39 is 0 Å². The van der Waals surface area contributed by atoms with Crippen molar-refractivity contribution in [1.29, 1.82) is 0 Å². The topological polar surface area (TPSA) is 91.7 Å². The Morgan fingerprint density at radius 2 is 1.89 bits per heavy atom. The maximum absolute atomic E-state index is 12.4. The predicted molar refractivity (Wildman–Crippen MR) is 98.6 cm³/mol. The number of hydrogen-bond donors (Lipinski definition) is 2. The highest BCUT2D eigenvalue weighted by molar-refractivity contribution is 5.96. The molecule has 1 aromatic heterocycles. The Balaban J connectivity index is 1.46. The normalized spacial score (nSPS) is 16.6. The van der Waals surface area contributed by atoms with Gasteiger partial charge in [0, 0.05) is 18.7 Å². The zero-order valence-electron chi connectivity index (χ0n) is 15.0. The van der Waals surface area contributed by atoms with Crippen molar-refractivity contribution in [1.82, 2.24) is 15.5 Å². The second-order valence-corrected chi connectivity index (χ2v) is 6.52. The predicted octanol–water partition coefficient (Wildman–Crippen LogP) is 1.56. The van der Waals surface area contributed by atoms with E-state index in [0.29, 0.717) is 31.0 Å². The summed E-state index contributed by atoms with van der Waals surface area (Å²) >= 11 is 0. The molecule has 1 aliphatic heterocycles. The van der Waals surface area contributed by atoms with Crippen LogP contribution >= 0.6 is 0 Å². The number of nitrogens with one attached hydrogen (secondary N) is 2. The van der Waals surface area contributed by atoms with E-state index >= 15 is 0 Å². The molecule has 27 heavy (non-hydrogen) atoms. The molecule has 0 saturated carbocycles. The molecular weight excluding hydrogens is 346 g/mol. The second kappa shape index (κ2) is 9.02. The smallest absolute Gasteiger partial charge is 0.251 e. The van der Waals surface area contributed by atoms with Gasteiger partial charge in [0.05, 0.1) is 25.3 Å². The molecule has 1 saturated heterocycles. The van der Waals surface area contributed by atoms with Crippen molar-refractivity contribution < 1.29 is 18.8 Å². The lowest BCUT2D eigenvalue weighted by Crippen LogP contribution is -2.48. The number of furan rings is 1. The van der Waals surface area contributed by atoms with Crippen LogP contribution in [0.3, 0.4) is 0 Å². The molecule has 2 N–H and O–H groups in total. The molecule has 0 aliphatic carbocycles. The quantitative estimate of drug-likeness (QED) is 0.808. The average molecular weight is 369 g/mol. The third-order valence-corrected chi connectivity index (χ3v) is 4.60. The number of carbonyl (C=O) groups is 3. The van der Waals surface area contributed by atoms with Crippen molar-refractivity contribution in [2.24, 2.45) is 5.92 Å². The van der Waals surface area contributed by atoms with Gasteiger partial charge >= 0.3 is 0 Å². The summed E-state index contributed by atoms with van der Waals surface area (Å²) in [5.41, 5.74) is 0.513. The minimum Gasteiger partial charge on any atom is -0.467 e. The highest BCUT2D eigenvalue weighted by Crippen LogP contribution is 2.17. The van der Waals surface area contributed by atoms with Gasteiger partial charge < -0.3 is 20.0 Å². The molecule has 1 aliphatic rings. The van der Waals surface area contributed by atoms with Gasteiger partial charge in [0.1, 0.15) is 5.76 Å². The molecule has 3 rings (SSSR count). The number of piperidine rings is 1. The number of benzene rings is 1. The van der Waals surface area contributed by atoms with E-state index in [0.717, 1.165) is 12.8 Å². The number of rotatable bonds is 6. The fourth-order valence-corrected chi connectivity index (χ4v) is 3.11. The molecule has 0 bridgehead atoms. The van der Waals surface area contributed by atoms with Crippen molar-refractivity contribution in [3.63, 3.8) is 0 Å². The van der Waals surface area contributed by atoms with E-state index in [4.69, 9.17) is 4.42 Å². The highest BCUT2D eigenvalue weighted by Gasteiger charge is 2.28. The molecule has 7 heteroatoms. The first-order valence-electron chi connectivity index (χ1n) is 9.04. The fourth-order valence-electron chi connectivity index (χ4n) is 3.11. The van der Waals surface area contributed by atoms with E-state index in [-0.39, 0.29) is 30.2 Å². The second-order valence-electron chi connectivity index (χ2n) is 6.52. The molecule has 7 nitrogen and oxygen atoms in total. The van der Waals surface area contributed by atoms with Crippen LogP contribution < -0.4 is 10.6 Å². The van der Waals surface area contributed by atoms with Crippen LogP contribution in [0.15, 0.2) is 53.1 Å². The van der Waals surface area contributed by atoms with Gasteiger partial charge in [-0.25, -0.2) is 0 Å². The zero-order valence-corrected chi connectivity index (χ0v) is 15.0. The maximum atomic E-state index is 12.4. The number of carbonyl (C=O) groups excluding carboxylic acids is 3. The Hall–Kier alpha value is -3.09. The molecule has 1 atom stereocenters. The molecule has 1 aromatic carbocycles. The summed E-state index contributed by atoms with van der Waals surface area (Å²) in [6, 6.07) is 12.3. The Morgan fingerprint density at radius 3 is 2.63 bits per heavy atom. The van der Waals surface area contributed by atoms with Gasteiger partial charge in [-0.15, -0.1) is 0 Å². The summed E-state index contributed by atoms with van der Waals surface area (Å²) in [5.74, 6) is -0.105. The number of hydrogen-bond acceptors (Lipinski definition) is 4. The summed E-state index contributed by atoms with van der Waals surface area (Å²) in [7, 11) is 0. The fraction of sp³-hybridized carbons (Fsp3) is 0.350. The lowest BCUT2D eigenvalue weighted by atomic mass is 9.97. The lowest BCUT2D eigenvalue weighted by Gasteiger charge is -2.32. The standard InChI is InChI=1S/C20H23N3O4/c24-18(13-22-19(25)15-6-2-1-3-7-15)23-10-4-8-16(14-23)20(26)21-12-17-9-5-11-27-17/h1-3,5-7,9,11,16H,4,8,10,12-14H2,(H,21,26)(H,22,25). The highest BCUT2D eigenvalue weighted by atomic mass is 16.3. The molecule has 1 fully saturated rings. The largest absolute Gasteiger partial charge is 0.467 e. The number of nitrogens with zero attached hydrogens (tertiary/aromatic N) is 1. The molecule has 0 radical (unpaired) electrons. The van der Waals surface area contributed by atoms with Crippen LogP contribution in [-0.2, 0) is 16.1 Å². The van der Waals surface area contributed by atoms with Gasteiger partial charge in [0.2, 0.25) is 11.8 Å². The van der Waals surface area contributed by atoms with Crippen LogP contribution in [0.5, 0.6) is 0 Å². The van der Waals surface area contributed by atoms with Crippen LogP contribution in [0.1, 0.15) is 29.0 Å². The van der Waals surface area contributed by atoms with Crippen molar-refractivity contribution >= 4 is 17.7 Å². The molecule has 3 amide bonds. The molecule has 2 heterocycles. The molecule has 142 valence electrons. The van der Waals surface area contributed by atoms with Gasteiger partial charge in [-0.2, -0.15) is 0 Å². The minimum absolute atomic E-state index is 0.0749. The van der Waals surface area contributed by atoms with Crippen LogP contribution in [0.25, 0.3) is 0 Å². The summed E-state index contributed by atoms with van der Waals surface area (Å²) in [6.07, 6.45) is 3.06. The third-order valence-electron chi connectivity index (χ3n) is 4.60. The minimum atomic E-state index is -0.284.